The normalized spacial score (nSPS) is 12.0. The number of carbonyl (C=O) groups excluding carboxylic acids is 1. The molecule has 0 saturated carbocycles. The molecule has 0 heterocycles. The maximum atomic E-state index is 13.1. The fourth-order valence-corrected chi connectivity index (χ4v) is 1.77. The molecule has 1 aromatic rings. The van der Waals surface area contributed by atoms with Crippen molar-refractivity contribution in [1.82, 2.24) is 4.90 Å². The monoisotopic (exact) mass is 253 g/mol. The van der Waals surface area contributed by atoms with Gasteiger partial charge in [0, 0.05) is 12.6 Å². The van der Waals surface area contributed by atoms with Crippen LogP contribution in [-0.2, 0) is 4.79 Å². The summed E-state index contributed by atoms with van der Waals surface area (Å²) in [5, 5.41) is 9.00. The van der Waals surface area contributed by atoms with Crippen LogP contribution in [0.15, 0.2) is 18.2 Å². The average molecular weight is 253 g/mol. The highest BCUT2D eigenvalue weighted by molar-refractivity contribution is 5.97. The van der Waals surface area contributed by atoms with Gasteiger partial charge in [-0.05, 0) is 31.0 Å². The number of carbonyl (C=O) groups is 2. The van der Waals surface area contributed by atoms with Gasteiger partial charge in [0.1, 0.15) is 11.9 Å². The molecule has 5 heteroatoms. The van der Waals surface area contributed by atoms with Crippen LogP contribution >= 0.6 is 0 Å². The van der Waals surface area contributed by atoms with Crippen molar-refractivity contribution in [2.75, 3.05) is 7.05 Å². The van der Waals surface area contributed by atoms with Gasteiger partial charge in [-0.1, -0.05) is 13.0 Å². The molecule has 98 valence electrons. The molecule has 1 N–H and O–H groups in total. The molecule has 0 aliphatic carbocycles. The number of rotatable bonds is 4. The third-order valence-corrected chi connectivity index (χ3v) is 2.89. The number of amides is 1. The van der Waals surface area contributed by atoms with Crippen LogP contribution in [0.2, 0.25) is 0 Å². The molecule has 0 bridgehead atoms. The molecule has 0 aliphatic rings. The highest BCUT2D eigenvalue weighted by Crippen LogP contribution is 2.15. The molecular formula is C13H16FNO3. The topological polar surface area (TPSA) is 57.6 Å². The molecule has 0 saturated heterocycles. The Morgan fingerprint density at radius 3 is 2.56 bits per heavy atom. The largest absolute Gasteiger partial charge is 0.480 e. The first kappa shape index (κ1) is 14.2. The zero-order valence-electron chi connectivity index (χ0n) is 10.6. The minimum Gasteiger partial charge on any atom is -0.480 e. The van der Waals surface area contributed by atoms with Crippen molar-refractivity contribution >= 4 is 11.9 Å². The number of likely N-dealkylation sites (N-methyl/N-ethyl adjacent to an activating group) is 1. The van der Waals surface area contributed by atoms with E-state index in [4.69, 9.17) is 5.11 Å². The second-order valence-electron chi connectivity index (χ2n) is 4.14. The van der Waals surface area contributed by atoms with Gasteiger partial charge >= 0.3 is 5.97 Å². The highest BCUT2D eigenvalue weighted by atomic mass is 19.1. The number of aliphatic carboxylic acids is 1. The van der Waals surface area contributed by atoms with Crippen LogP contribution in [0.4, 0.5) is 4.39 Å². The van der Waals surface area contributed by atoms with E-state index in [1.54, 1.807) is 13.8 Å². The van der Waals surface area contributed by atoms with Gasteiger partial charge < -0.3 is 10.0 Å². The predicted molar refractivity (Wildman–Crippen MR) is 64.9 cm³/mol. The molecule has 1 rings (SSSR count). The summed E-state index contributed by atoms with van der Waals surface area (Å²) in [5.41, 5.74) is 0.811. The predicted octanol–water partition coefficient (Wildman–Crippen LogP) is 2.07. The lowest BCUT2D eigenvalue weighted by molar-refractivity contribution is -0.142. The van der Waals surface area contributed by atoms with E-state index in [2.05, 4.69) is 0 Å². The minimum atomic E-state index is -1.07. The lowest BCUT2D eigenvalue weighted by Crippen LogP contribution is -2.42. The summed E-state index contributed by atoms with van der Waals surface area (Å²) >= 11 is 0. The van der Waals surface area contributed by atoms with E-state index >= 15 is 0 Å². The van der Waals surface area contributed by atoms with E-state index in [1.807, 2.05) is 0 Å². The fourth-order valence-electron chi connectivity index (χ4n) is 1.77. The zero-order chi connectivity index (χ0) is 13.9. The molecule has 1 atom stereocenters. The Balaban J connectivity index is 3.06. The van der Waals surface area contributed by atoms with E-state index in [-0.39, 0.29) is 5.56 Å². The Kier molecular flexibility index (Phi) is 4.42. The van der Waals surface area contributed by atoms with Gasteiger partial charge in [0.2, 0.25) is 0 Å². The second-order valence-corrected chi connectivity index (χ2v) is 4.14. The molecule has 1 aromatic carbocycles. The molecule has 0 fully saturated rings. The number of hydrogen-bond donors (Lipinski definition) is 1. The van der Waals surface area contributed by atoms with Crippen LogP contribution in [0.25, 0.3) is 0 Å². The van der Waals surface area contributed by atoms with Gasteiger partial charge in [0.25, 0.3) is 5.91 Å². The maximum Gasteiger partial charge on any atom is 0.326 e. The smallest absolute Gasteiger partial charge is 0.326 e. The lowest BCUT2D eigenvalue weighted by Gasteiger charge is -2.24. The third-order valence-electron chi connectivity index (χ3n) is 2.89. The molecule has 1 unspecified atom stereocenters. The number of carboxylic acids is 1. The van der Waals surface area contributed by atoms with Crippen molar-refractivity contribution < 1.29 is 19.1 Å². The van der Waals surface area contributed by atoms with Crippen LogP contribution in [0.3, 0.4) is 0 Å². The average Bonchev–Trinajstić information content (AvgIpc) is 2.31. The third kappa shape index (κ3) is 2.85. The molecule has 0 radical (unpaired) electrons. The quantitative estimate of drug-likeness (QED) is 0.893. The molecule has 0 spiro atoms. The number of aryl methyl sites for hydroxylation is 1. The van der Waals surface area contributed by atoms with Gasteiger partial charge in [0.15, 0.2) is 0 Å². The number of hydrogen-bond acceptors (Lipinski definition) is 2. The fraction of sp³-hybridized carbons (Fsp3) is 0.385. The van der Waals surface area contributed by atoms with Crippen molar-refractivity contribution in [3.63, 3.8) is 0 Å². The Labute approximate surface area is 105 Å². The molecule has 0 aromatic heterocycles. The highest BCUT2D eigenvalue weighted by Gasteiger charge is 2.26. The second kappa shape index (κ2) is 5.62. The zero-order valence-corrected chi connectivity index (χ0v) is 10.6. The van der Waals surface area contributed by atoms with Crippen molar-refractivity contribution in [3.8, 4) is 0 Å². The summed E-state index contributed by atoms with van der Waals surface area (Å²) in [4.78, 5) is 24.2. The Bertz CT molecular complexity index is 473. The Morgan fingerprint density at radius 2 is 2.06 bits per heavy atom. The summed E-state index contributed by atoms with van der Waals surface area (Å²) in [5.74, 6) is -2.07. The first-order valence-corrected chi connectivity index (χ1v) is 5.64. The van der Waals surface area contributed by atoms with Crippen molar-refractivity contribution in [3.05, 3.63) is 35.1 Å². The first-order chi connectivity index (χ1) is 8.38. The van der Waals surface area contributed by atoms with Crippen molar-refractivity contribution in [1.29, 1.82) is 0 Å². The summed E-state index contributed by atoms with van der Waals surface area (Å²) in [6.45, 7) is 3.36. The summed E-state index contributed by atoms with van der Waals surface area (Å²) < 4.78 is 13.1. The maximum absolute atomic E-state index is 13.1. The van der Waals surface area contributed by atoms with E-state index in [0.29, 0.717) is 12.0 Å². The van der Waals surface area contributed by atoms with E-state index in [9.17, 15) is 14.0 Å². The summed E-state index contributed by atoms with van der Waals surface area (Å²) in [7, 11) is 1.41. The Morgan fingerprint density at radius 1 is 1.44 bits per heavy atom. The first-order valence-electron chi connectivity index (χ1n) is 5.64. The molecule has 18 heavy (non-hydrogen) atoms. The van der Waals surface area contributed by atoms with Crippen molar-refractivity contribution in [2.24, 2.45) is 0 Å². The standard InChI is InChI=1S/C13H16FNO3/c1-4-11(13(17)18)15(3)12(16)10-7-9(14)6-5-8(10)2/h5-7,11H,4H2,1-3H3,(H,17,18). The number of benzene rings is 1. The van der Waals surface area contributed by atoms with E-state index < -0.39 is 23.7 Å². The molecule has 4 nitrogen and oxygen atoms in total. The van der Waals surface area contributed by atoms with Crippen LogP contribution in [0, 0.1) is 12.7 Å². The van der Waals surface area contributed by atoms with Gasteiger partial charge in [0.05, 0.1) is 0 Å². The minimum absolute atomic E-state index is 0.192. The SMILES string of the molecule is CCC(C(=O)O)N(C)C(=O)c1cc(F)ccc1C. The summed E-state index contributed by atoms with van der Waals surface area (Å²) in [6.07, 6.45) is 0.298. The van der Waals surface area contributed by atoms with E-state index in [1.165, 1.54) is 19.2 Å². The van der Waals surface area contributed by atoms with Gasteiger partial charge in [-0.15, -0.1) is 0 Å². The Hall–Kier alpha value is -1.91. The van der Waals surface area contributed by atoms with Gasteiger partial charge in [-0.2, -0.15) is 0 Å². The molecule has 0 aliphatic heterocycles. The van der Waals surface area contributed by atoms with Crippen LogP contribution < -0.4 is 0 Å². The van der Waals surface area contributed by atoms with Gasteiger partial charge in [-0.25, -0.2) is 9.18 Å². The van der Waals surface area contributed by atoms with Crippen LogP contribution in [-0.4, -0.2) is 35.0 Å². The summed E-state index contributed by atoms with van der Waals surface area (Å²) in [6, 6.07) is 2.99. The van der Waals surface area contributed by atoms with Crippen LogP contribution in [0.1, 0.15) is 29.3 Å². The van der Waals surface area contributed by atoms with Crippen molar-refractivity contribution in [2.45, 2.75) is 26.3 Å². The number of carboxylic acid groups (broad SMARTS) is 1. The van der Waals surface area contributed by atoms with E-state index in [0.717, 1.165) is 11.0 Å². The molecule has 1 amide bonds. The molecular weight excluding hydrogens is 237 g/mol. The van der Waals surface area contributed by atoms with Crippen LogP contribution in [0.5, 0.6) is 0 Å². The number of halogens is 1. The number of nitrogens with zero attached hydrogens (tertiary/aromatic N) is 1. The lowest BCUT2D eigenvalue weighted by atomic mass is 10.1. The van der Waals surface area contributed by atoms with Gasteiger partial charge in [-0.3, -0.25) is 4.79 Å².